The second-order valence-corrected chi connectivity index (χ2v) is 16.1. The van der Waals surface area contributed by atoms with Crippen LogP contribution in [0.1, 0.15) is 88.7 Å². The Morgan fingerprint density at radius 1 is 0.909 bits per heavy atom. The van der Waals surface area contributed by atoms with Crippen molar-refractivity contribution < 1.29 is 22.4 Å². The molecule has 2 amide bonds. The highest BCUT2D eigenvalue weighted by atomic mass is 32.2. The van der Waals surface area contributed by atoms with Crippen molar-refractivity contribution in [1.82, 2.24) is 10.2 Å². The molecule has 0 aromatic heterocycles. The fourth-order valence-corrected chi connectivity index (χ4v) is 9.85. The molecule has 7 nitrogen and oxygen atoms in total. The van der Waals surface area contributed by atoms with Crippen LogP contribution in [0.2, 0.25) is 0 Å². The van der Waals surface area contributed by atoms with E-state index in [1.54, 1.807) is 19.1 Å². The normalized spacial score (nSPS) is 27.1. The number of nitrogens with one attached hydrogen (secondary N) is 1. The van der Waals surface area contributed by atoms with Crippen LogP contribution < -0.4 is 9.62 Å². The van der Waals surface area contributed by atoms with Gasteiger partial charge in [0.1, 0.15) is 18.4 Å². The highest BCUT2D eigenvalue weighted by Gasteiger charge is 2.51. The number of amides is 2. The van der Waals surface area contributed by atoms with Gasteiger partial charge in [0, 0.05) is 12.6 Å². The van der Waals surface area contributed by atoms with Gasteiger partial charge >= 0.3 is 0 Å². The lowest BCUT2D eigenvalue weighted by atomic mass is 9.48. The summed E-state index contributed by atoms with van der Waals surface area (Å²) in [6, 6.07) is 12.9. The fourth-order valence-electron chi connectivity index (χ4n) is 9.00. The lowest BCUT2D eigenvalue weighted by molar-refractivity contribution is -0.139. The highest BCUT2D eigenvalue weighted by molar-refractivity contribution is 7.92. The van der Waals surface area contributed by atoms with E-state index in [0.29, 0.717) is 11.3 Å². The first-order valence-corrected chi connectivity index (χ1v) is 18.3. The molecule has 7 rings (SSSR count). The topological polar surface area (TPSA) is 86.8 Å². The van der Waals surface area contributed by atoms with Gasteiger partial charge in [0.05, 0.1) is 11.9 Å². The second kappa shape index (κ2) is 12.5. The van der Waals surface area contributed by atoms with Gasteiger partial charge in [-0.05, 0) is 117 Å². The lowest BCUT2D eigenvalue weighted by Crippen LogP contribution is -2.53. The molecule has 9 heteroatoms. The van der Waals surface area contributed by atoms with Crippen molar-refractivity contribution in [3.63, 3.8) is 0 Å². The van der Waals surface area contributed by atoms with Gasteiger partial charge in [-0.15, -0.1) is 0 Å². The summed E-state index contributed by atoms with van der Waals surface area (Å²) in [6.45, 7) is 1.29. The third-order valence-electron chi connectivity index (χ3n) is 10.9. The maximum Gasteiger partial charge on any atom is 0.244 e. The van der Waals surface area contributed by atoms with Crippen LogP contribution >= 0.6 is 0 Å². The molecule has 1 N–H and O–H groups in total. The first-order valence-electron chi connectivity index (χ1n) is 16.4. The van der Waals surface area contributed by atoms with Crippen molar-refractivity contribution in [1.29, 1.82) is 0 Å². The number of sulfonamides is 1. The number of carbonyl (C=O) groups is 2. The Kier molecular flexibility index (Phi) is 8.79. The Labute approximate surface area is 261 Å². The van der Waals surface area contributed by atoms with Crippen LogP contribution in [0.4, 0.5) is 10.1 Å². The Morgan fingerprint density at radius 2 is 1.48 bits per heavy atom. The molecule has 238 valence electrons. The lowest BCUT2D eigenvalue weighted by Gasteiger charge is -2.57. The second-order valence-electron chi connectivity index (χ2n) is 14.2. The monoisotopic (exact) mass is 623 g/mol. The van der Waals surface area contributed by atoms with Crippen molar-refractivity contribution in [3.8, 4) is 0 Å². The number of carbonyl (C=O) groups excluding carboxylic acids is 2. The summed E-state index contributed by atoms with van der Waals surface area (Å²) in [5.41, 5.74) is 2.57. The minimum atomic E-state index is -3.82. The summed E-state index contributed by atoms with van der Waals surface area (Å²) in [5, 5.41) is 3.10. The Morgan fingerprint density at radius 3 is 2.02 bits per heavy atom. The van der Waals surface area contributed by atoms with E-state index in [0.717, 1.165) is 60.4 Å². The minimum Gasteiger partial charge on any atom is -0.352 e. The van der Waals surface area contributed by atoms with Crippen molar-refractivity contribution in [2.45, 2.75) is 102 Å². The number of halogens is 1. The van der Waals surface area contributed by atoms with Crippen LogP contribution in [0.3, 0.4) is 0 Å². The van der Waals surface area contributed by atoms with Gasteiger partial charge in [0.15, 0.2) is 0 Å². The fraction of sp³-hybridized carbons (Fsp3) is 0.600. The van der Waals surface area contributed by atoms with E-state index in [2.05, 4.69) is 17.4 Å². The molecule has 4 bridgehead atoms. The number of anilines is 1. The third kappa shape index (κ3) is 6.68. The zero-order valence-electron chi connectivity index (χ0n) is 26.0. The molecule has 1 unspecified atom stereocenters. The van der Waals surface area contributed by atoms with Gasteiger partial charge in [0.2, 0.25) is 21.8 Å². The van der Waals surface area contributed by atoms with Crippen molar-refractivity contribution in [3.05, 3.63) is 65.5 Å². The number of benzene rings is 2. The van der Waals surface area contributed by atoms with E-state index in [1.165, 1.54) is 61.1 Å². The summed E-state index contributed by atoms with van der Waals surface area (Å²) in [4.78, 5) is 28.7. The summed E-state index contributed by atoms with van der Waals surface area (Å²) in [5.74, 6) is 1.26. The smallest absolute Gasteiger partial charge is 0.244 e. The Bertz CT molecular complexity index is 1420. The number of hydrogen-bond donors (Lipinski definition) is 1. The van der Waals surface area contributed by atoms with Crippen LogP contribution in [0, 0.1) is 23.6 Å². The molecule has 5 aliphatic rings. The SMILES string of the molecule is CC(C(=O)NC1CCCCC1)N(Cc1ccc(F)cc1)C(=O)CN(c1ccc(C23CC4CC(CC(C4)C2)C3)cc1)S(C)(=O)=O. The van der Waals surface area contributed by atoms with E-state index in [-0.39, 0.29) is 23.9 Å². The van der Waals surface area contributed by atoms with Crippen molar-refractivity contribution in [2.75, 3.05) is 17.1 Å². The first kappa shape index (κ1) is 31.1. The number of hydrogen-bond acceptors (Lipinski definition) is 4. The molecule has 0 radical (unpaired) electrons. The van der Waals surface area contributed by atoms with Crippen LogP contribution in [-0.4, -0.2) is 50.0 Å². The van der Waals surface area contributed by atoms with E-state index >= 15 is 0 Å². The molecule has 2 aromatic carbocycles. The predicted octanol–water partition coefficient (Wildman–Crippen LogP) is 5.93. The van der Waals surface area contributed by atoms with Gasteiger partial charge in [-0.25, -0.2) is 12.8 Å². The summed E-state index contributed by atoms with van der Waals surface area (Å²) in [6.07, 6.45) is 13.9. The van der Waals surface area contributed by atoms with Crippen LogP contribution in [0.15, 0.2) is 48.5 Å². The maximum absolute atomic E-state index is 13.9. The van der Waals surface area contributed by atoms with E-state index in [1.807, 2.05) is 12.1 Å². The summed E-state index contributed by atoms with van der Waals surface area (Å²) >= 11 is 0. The highest BCUT2D eigenvalue weighted by Crippen LogP contribution is 2.60. The largest absolute Gasteiger partial charge is 0.352 e. The Balaban J connectivity index is 1.22. The molecule has 0 spiro atoms. The molecule has 0 saturated heterocycles. The van der Waals surface area contributed by atoms with Crippen molar-refractivity contribution in [2.24, 2.45) is 17.8 Å². The molecule has 5 fully saturated rings. The van der Waals surface area contributed by atoms with Crippen LogP contribution in [0.25, 0.3) is 0 Å². The van der Waals surface area contributed by atoms with Crippen LogP contribution in [-0.2, 0) is 31.6 Å². The average molecular weight is 624 g/mol. The molecule has 5 aliphatic carbocycles. The van der Waals surface area contributed by atoms with E-state index in [9.17, 15) is 22.4 Å². The van der Waals surface area contributed by atoms with Crippen LogP contribution in [0.5, 0.6) is 0 Å². The zero-order chi connectivity index (χ0) is 31.1. The maximum atomic E-state index is 13.9. The van der Waals surface area contributed by atoms with Crippen molar-refractivity contribution >= 4 is 27.5 Å². The molecule has 5 saturated carbocycles. The standard InChI is InChI=1S/C35H46FN3O4S/c1-24(34(41)37-31-6-4-3-5-7-31)38(22-25-8-12-30(36)13-9-25)33(40)23-39(44(2,42)43)32-14-10-29(11-15-32)35-19-26-16-27(20-35)18-28(17-26)21-35/h8-15,24,26-28,31H,3-7,16-23H2,1-2H3,(H,37,41). The molecule has 0 heterocycles. The number of nitrogens with zero attached hydrogens (tertiary/aromatic N) is 2. The quantitative estimate of drug-likeness (QED) is 0.356. The van der Waals surface area contributed by atoms with E-state index in [4.69, 9.17) is 0 Å². The van der Waals surface area contributed by atoms with Gasteiger partial charge < -0.3 is 10.2 Å². The average Bonchev–Trinajstić information content (AvgIpc) is 2.98. The molecule has 1 atom stereocenters. The van der Waals surface area contributed by atoms with Gasteiger partial charge in [-0.2, -0.15) is 0 Å². The summed E-state index contributed by atoms with van der Waals surface area (Å²) < 4.78 is 41.0. The zero-order valence-corrected chi connectivity index (χ0v) is 26.8. The van der Waals surface area contributed by atoms with E-state index < -0.39 is 34.3 Å². The van der Waals surface area contributed by atoms with Gasteiger partial charge in [0.25, 0.3) is 0 Å². The van der Waals surface area contributed by atoms with Gasteiger partial charge in [-0.3, -0.25) is 13.9 Å². The Hall–Kier alpha value is -2.94. The summed E-state index contributed by atoms with van der Waals surface area (Å²) in [7, 11) is -3.82. The number of rotatable bonds is 10. The predicted molar refractivity (Wildman–Crippen MR) is 170 cm³/mol. The van der Waals surface area contributed by atoms with Gasteiger partial charge in [-0.1, -0.05) is 43.5 Å². The molecule has 44 heavy (non-hydrogen) atoms. The molecule has 0 aliphatic heterocycles. The molecule has 2 aromatic rings. The molecular formula is C35H46FN3O4S. The molecular weight excluding hydrogens is 577 g/mol. The minimum absolute atomic E-state index is 0.0565. The first-order chi connectivity index (χ1) is 21.0. The third-order valence-corrected chi connectivity index (χ3v) is 12.0.